The molecule has 0 N–H and O–H groups in total. The lowest BCUT2D eigenvalue weighted by molar-refractivity contribution is -0.132. The van der Waals surface area contributed by atoms with Crippen LogP contribution in [0.4, 0.5) is 5.69 Å². The standard InChI is InChI=1S/C21H26ClN3O2S/c1-3-24(14-19-8-9-20(22)28-19)21(27)15-23-10-12-25(13-11-23)18-6-4-17(5-7-18)16(2)26/h4-9H,3,10-15H2,1-2H3. The van der Waals surface area contributed by atoms with Crippen molar-refractivity contribution in [2.75, 3.05) is 44.2 Å². The summed E-state index contributed by atoms with van der Waals surface area (Å²) in [6, 6.07) is 11.6. The molecule has 1 aliphatic rings. The van der Waals surface area contributed by atoms with E-state index in [0.717, 1.165) is 46.6 Å². The Kier molecular flexibility index (Phi) is 7.10. The SMILES string of the molecule is CCN(Cc1ccc(Cl)s1)C(=O)CN1CCN(c2ccc(C(C)=O)cc2)CC1. The Morgan fingerprint density at radius 1 is 1.07 bits per heavy atom. The molecule has 1 fully saturated rings. The Balaban J connectivity index is 1.50. The van der Waals surface area contributed by atoms with Crippen molar-refractivity contribution in [2.24, 2.45) is 0 Å². The van der Waals surface area contributed by atoms with Crippen LogP contribution in [0.25, 0.3) is 0 Å². The van der Waals surface area contributed by atoms with Crippen LogP contribution in [-0.4, -0.2) is 60.8 Å². The predicted octanol–water partition coefficient (Wildman–Crippen LogP) is 3.77. The number of anilines is 1. The van der Waals surface area contributed by atoms with Gasteiger partial charge in [0.1, 0.15) is 0 Å². The first kappa shape index (κ1) is 20.8. The predicted molar refractivity (Wildman–Crippen MR) is 116 cm³/mol. The zero-order valence-corrected chi connectivity index (χ0v) is 17.9. The van der Waals surface area contributed by atoms with Crippen LogP contribution in [0, 0.1) is 0 Å². The molecule has 2 heterocycles. The summed E-state index contributed by atoms with van der Waals surface area (Å²) in [5, 5.41) is 0. The monoisotopic (exact) mass is 419 g/mol. The summed E-state index contributed by atoms with van der Waals surface area (Å²) < 4.78 is 0.756. The van der Waals surface area contributed by atoms with Crippen molar-refractivity contribution in [3.05, 3.63) is 51.2 Å². The molecule has 1 aromatic carbocycles. The summed E-state index contributed by atoms with van der Waals surface area (Å²) in [6.45, 7) is 8.80. The average Bonchev–Trinajstić information content (AvgIpc) is 3.11. The summed E-state index contributed by atoms with van der Waals surface area (Å²) in [4.78, 5) is 31.6. The Hall–Kier alpha value is -1.89. The molecule has 0 spiro atoms. The molecule has 0 unspecified atom stereocenters. The maximum absolute atomic E-state index is 12.7. The van der Waals surface area contributed by atoms with Crippen molar-refractivity contribution in [3.63, 3.8) is 0 Å². The summed E-state index contributed by atoms with van der Waals surface area (Å²) >= 11 is 7.52. The molecule has 7 heteroatoms. The van der Waals surface area contributed by atoms with Gasteiger partial charge in [0, 0.05) is 48.9 Å². The van der Waals surface area contributed by atoms with Crippen molar-refractivity contribution in [2.45, 2.75) is 20.4 Å². The Labute approximate surface area is 175 Å². The van der Waals surface area contributed by atoms with Gasteiger partial charge in [-0.2, -0.15) is 0 Å². The number of carbonyl (C=O) groups is 2. The third kappa shape index (κ3) is 5.34. The topological polar surface area (TPSA) is 43.9 Å². The number of amides is 1. The number of Topliss-reactive ketones (excluding diaryl/α,β-unsaturated/α-hetero) is 1. The van der Waals surface area contributed by atoms with Gasteiger partial charge in [-0.05, 0) is 50.2 Å². The maximum Gasteiger partial charge on any atom is 0.237 e. The minimum Gasteiger partial charge on any atom is -0.369 e. The van der Waals surface area contributed by atoms with E-state index in [1.165, 1.54) is 11.3 Å². The number of carbonyl (C=O) groups excluding carboxylic acids is 2. The summed E-state index contributed by atoms with van der Waals surface area (Å²) in [5.74, 6) is 0.242. The molecule has 0 saturated carbocycles. The van der Waals surface area contributed by atoms with Gasteiger partial charge in [0.2, 0.25) is 5.91 Å². The first-order valence-corrected chi connectivity index (χ1v) is 10.8. The molecule has 5 nitrogen and oxygen atoms in total. The molecule has 0 radical (unpaired) electrons. The number of rotatable bonds is 7. The second-order valence-corrected chi connectivity index (χ2v) is 8.78. The largest absolute Gasteiger partial charge is 0.369 e. The molecule has 0 aliphatic carbocycles. The van der Waals surface area contributed by atoms with Crippen LogP contribution in [0.3, 0.4) is 0 Å². The van der Waals surface area contributed by atoms with E-state index in [4.69, 9.17) is 11.6 Å². The van der Waals surface area contributed by atoms with Crippen molar-refractivity contribution < 1.29 is 9.59 Å². The van der Waals surface area contributed by atoms with Gasteiger partial charge in [-0.1, -0.05) is 11.6 Å². The third-order valence-electron chi connectivity index (χ3n) is 5.08. The molecule has 3 rings (SSSR count). The van der Waals surface area contributed by atoms with E-state index in [1.54, 1.807) is 6.92 Å². The van der Waals surface area contributed by atoms with Crippen LogP contribution in [0.1, 0.15) is 29.1 Å². The first-order valence-electron chi connectivity index (χ1n) is 9.56. The van der Waals surface area contributed by atoms with Gasteiger partial charge in [-0.25, -0.2) is 0 Å². The number of halogens is 1. The van der Waals surface area contributed by atoms with E-state index in [1.807, 2.05) is 48.2 Å². The fourth-order valence-corrected chi connectivity index (χ4v) is 4.47. The van der Waals surface area contributed by atoms with E-state index in [0.29, 0.717) is 19.6 Å². The molecule has 0 atom stereocenters. The number of thiophene rings is 1. The van der Waals surface area contributed by atoms with E-state index in [9.17, 15) is 9.59 Å². The van der Waals surface area contributed by atoms with E-state index < -0.39 is 0 Å². The molecule has 1 amide bonds. The Bertz CT molecular complexity index is 813. The highest BCUT2D eigenvalue weighted by Crippen LogP contribution is 2.23. The van der Waals surface area contributed by atoms with Crippen LogP contribution >= 0.6 is 22.9 Å². The summed E-state index contributed by atoms with van der Waals surface area (Å²) in [7, 11) is 0. The molecule has 1 saturated heterocycles. The fourth-order valence-electron chi connectivity index (χ4n) is 3.36. The second kappa shape index (κ2) is 9.54. The second-order valence-electron chi connectivity index (χ2n) is 6.98. The van der Waals surface area contributed by atoms with Crippen LogP contribution < -0.4 is 4.90 Å². The smallest absolute Gasteiger partial charge is 0.237 e. The minimum absolute atomic E-state index is 0.0835. The van der Waals surface area contributed by atoms with Gasteiger partial charge in [-0.15, -0.1) is 11.3 Å². The summed E-state index contributed by atoms with van der Waals surface area (Å²) in [5.41, 5.74) is 1.86. The number of hydrogen-bond acceptors (Lipinski definition) is 5. The van der Waals surface area contributed by atoms with E-state index in [-0.39, 0.29) is 11.7 Å². The minimum atomic E-state index is 0.0835. The lowest BCUT2D eigenvalue weighted by atomic mass is 10.1. The highest BCUT2D eigenvalue weighted by Gasteiger charge is 2.22. The fraction of sp³-hybridized carbons (Fsp3) is 0.429. The van der Waals surface area contributed by atoms with Gasteiger partial charge < -0.3 is 9.80 Å². The molecule has 150 valence electrons. The van der Waals surface area contributed by atoms with Crippen molar-refractivity contribution in [1.29, 1.82) is 0 Å². The first-order chi connectivity index (χ1) is 13.5. The third-order valence-corrected chi connectivity index (χ3v) is 6.30. The van der Waals surface area contributed by atoms with Gasteiger partial charge in [0.25, 0.3) is 0 Å². The number of benzene rings is 1. The molecular formula is C21H26ClN3O2S. The highest BCUT2D eigenvalue weighted by atomic mass is 35.5. The molecule has 0 bridgehead atoms. The normalized spacial score (nSPS) is 14.9. The van der Waals surface area contributed by atoms with E-state index >= 15 is 0 Å². The number of hydrogen-bond donors (Lipinski definition) is 0. The quantitative estimate of drug-likeness (QED) is 0.641. The van der Waals surface area contributed by atoms with Crippen molar-refractivity contribution in [1.82, 2.24) is 9.80 Å². The van der Waals surface area contributed by atoms with Crippen LogP contribution in [0.15, 0.2) is 36.4 Å². The van der Waals surface area contributed by atoms with Crippen molar-refractivity contribution in [3.8, 4) is 0 Å². The number of likely N-dealkylation sites (N-methyl/N-ethyl adjacent to an activating group) is 1. The molecule has 2 aromatic rings. The van der Waals surface area contributed by atoms with Gasteiger partial charge >= 0.3 is 0 Å². The number of nitrogens with zero attached hydrogens (tertiary/aromatic N) is 3. The average molecular weight is 420 g/mol. The molecule has 1 aliphatic heterocycles. The Morgan fingerprint density at radius 2 is 1.75 bits per heavy atom. The lowest BCUT2D eigenvalue weighted by Crippen LogP contribution is -2.50. The number of ketones is 1. The van der Waals surface area contributed by atoms with Gasteiger partial charge in [0.05, 0.1) is 17.4 Å². The maximum atomic E-state index is 12.7. The number of piperazine rings is 1. The van der Waals surface area contributed by atoms with Crippen LogP contribution in [-0.2, 0) is 11.3 Å². The Morgan fingerprint density at radius 3 is 2.29 bits per heavy atom. The van der Waals surface area contributed by atoms with Crippen molar-refractivity contribution >= 4 is 40.3 Å². The molecule has 28 heavy (non-hydrogen) atoms. The zero-order chi connectivity index (χ0) is 20.1. The zero-order valence-electron chi connectivity index (χ0n) is 16.4. The van der Waals surface area contributed by atoms with Crippen LogP contribution in [0.5, 0.6) is 0 Å². The van der Waals surface area contributed by atoms with Gasteiger partial charge in [-0.3, -0.25) is 14.5 Å². The highest BCUT2D eigenvalue weighted by molar-refractivity contribution is 7.16. The van der Waals surface area contributed by atoms with E-state index in [2.05, 4.69) is 9.80 Å². The molecular weight excluding hydrogens is 394 g/mol. The van der Waals surface area contributed by atoms with Gasteiger partial charge in [0.15, 0.2) is 5.78 Å². The lowest BCUT2D eigenvalue weighted by Gasteiger charge is -2.36. The summed E-state index contributed by atoms with van der Waals surface area (Å²) in [6.07, 6.45) is 0. The molecule has 1 aromatic heterocycles. The van der Waals surface area contributed by atoms with Crippen LogP contribution in [0.2, 0.25) is 4.34 Å².